The summed E-state index contributed by atoms with van der Waals surface area (Å²) in [5.41, 5.74) is 2.57. The normalized spacial score (nSPS) is 11.1. The predicted molar refractivity (Wildman–Crippen MR) is 189 cm³/mol. The molecule has 0 aliphatic rings. The van der Waals surface area contributed by atoms with Gasteiger partial charge in [-0.05, 0) is 44.9 Å². The maximum absolute atomic E-state index is 16.9. The van der Waals surface area contributed by atoms with Crippen molar-refractivity contribution in [1.82, 2.24) is 29.5 Å². The third-order valence-electron chi connectivity index (χ3n) is 8.30. The number of fused-ring (bicyclic) bond motifs is 1. The van der Waals surface area contributed by atoms with E-state index in [4.69, 9.17) is 28.3 Å². The van der Waals surface area contributed by atoms with Gasteiger partial charge in [-0.15, -0.1) is 0 Å². The molecule has 2 aromatic carbocycles. The van der Waals surface area contributed by atoms with Crippen LogP contribution in [0, 0.1) is 19.7 Å². The zero-order valence-corrected chi connectivity index (χ0v) is 29.8. The first-order valence-corrected chi connectivity index (χ1v) is 16.8. The molecular weight excluding hydrogens is 671 g/mol. The molecule has 0 saturated carbocycles. The molecule has 14 heteroatoms. The number of rotatable bonds is 14. The lowest BCUT2D eigenvalue weighted by atomic mass is 10.1. The molecule has 0 fully saturated rings. The van der Waals surface area contributed by atoms with Crippen LogP contribution in [0.4, 0.5) is 4.39 Å². The molecule has 4 aromatic heterocycles. The van der Waals surface area contributed by atoms with Crippen LogP contribution >= 0.6 is 0 Å². The number of aromatic nitrogens is 5. The summed E-state index contributed by atoms with van der Waals surface area (Å²) in [5, 5.41) is 7.46. The number of nitrogens with one attached hydrogen (secondary N) is 1. The molecule has 0 aliphatic heterocycles. The van der Waals surface area contributed by atoms with Crippen LogP contribution in [-0.2, 0) is 24.4 Å². The first-order chi connectivity index (χ1) is 25.2. The standard InChI is InChI=1S/C38H39FN6O7/c1-7-16-45-33(34(23(4)43-45)51-21-24-12-10-9-11-13-24)37-42-31(35(52-37)38(47)50-8-2)29-27-19-40-22(3)20-44(27)32(30(29)39)36(46)41-18-25-14-15-26(48-5)17-28(25)49-6/h9-15,17,19-20H,7-8,16,18,21H2,1-6H3,(H,41,46). The number of methoxy groups -OCH3 is 2. The fourth-order valence-electron chi connectivity index (χ4n) is 5.89. The number of aryl methyl sites for hydroxylation is 3. The van der Waals surface area contributed by atoms with Gasteiger partial charge in [-0.25, -0.2) is 14.2 Å². The summed E-state index contributed by atoms with van der Waals surface area (Å²) in [7, 11) is 3.04. The van der Waals surface area contributed by atoms with Gasteiger partial charge < -0.3 is 33.1 Å². The summed E-state index contributed by atoms with van der Waals surface area (Å²) in [6.45, 7) is 7.90. The van der Waals surface area contributed by atoms with Crippen LogP contribution in [0.5, 0.6) is 17.2 Å². The lowest BCUT2D eigenvalue weighted by molar-refractivity contribution is 0.0492. The molecule has 0 unspecified atom stereocenters. The minimum atomic E-state index is -0.934. The van der Waals surface area contributed by atoms with E-state index in [0.717, 1.165) is 12.0 Å². The Morgan fingerprint density at radius 1 is 1.04 bits per heavy atom. The van der Waals surface area contributed by atoms with Crippen molar-refractivity contribution in [2.75, 3.05) is 20.8 Å². The van der Waals surface area contributed by atoms with Crippen LogP contribution in [-0.4, -0.2) is 56.9 Å². The second-order valence-electron chi connectivity index (χ2n) is 11.9. The van der Waals surface area contributed by atoms with Gasteiger partial charge in [0, 0.05) is 30.9 Å². The van der Waals surface area contributed by atoms with Crippen molar-refractivity contribution in [3.05, 3.63) is 101 Å². The summed E-state index contributed by atoms with van der Waals surface area (Å²) in [4.78, 5) is 36.3. The van der Waals surface area contributed by atoms with Crippen LogP contribution in [0.15, 0.2) is 65.3 Å². The van der Waals surface area contributed by atoms with Crippen molar-refractivity contribution in [2.24, 2.45) is 0 Å². The molecule has 4 heterocycles. The molecule has 0 radical (unpaired) electrons. The maximum atomic E-state index is 16.9. The number of hydrogen-bond acceptors (Lipinski definition) is 10. The molecule has 6 aromatic rings. The van der Waals surface area contributed by atoms with Crippen LogP contribution in [0.1, 0.15) is 63.8 Å². The molecule has 270 valence electrons. The fourth-order valence-corrected chi connectivity index (χ4v) is 5.89. The van der Waals surface area contributed by atoms with Crippen molar-refractivity contribution in [3.8, 4) is 40.1 Å². The van der Waals surface area contributed by atoms with E-state index < -0.39 is 17.7 Å². The summed E-state index contributed by atoms with van der Waals surface area (Å²) in [6.07, 6.45) is 3.67. The van der Waals surface area contributed by atoms with E-state index in [9.17, 15) is 9.59 Å². The Morgan fingerprint density at radius 3 is 2.54 bits per heavy atom. The van der Waals surface area contributed by atoms with E-state index in [1.54, 1.807) is 43.7 Å². The Hall–Kier alpha value is -6.18. The molecule has 0 bridgehead atoms. The lowest BCUT2D eigenvalue weighted by Crippen LogP contribution is -2.25. The molecule has 0 aliphatic carbocycles. The van der Waals surface area contributed by atoms with Gasteiger partial charge in [0.25, 0.3) is 5.91 Å². The van der Waals surface area contributed by atoms with Gasteiger partial charge >= 0.3 is 5.97 Å². The average Bonchev–Trinajstić information content (AvgIpc) is 3.80. The number of ether oxygens (including phenoxy) is 4. The highest BCUT2D eigenvalue weighted by Gasteiger charge is 2.34. The number of halogens is 1. The van der Waals surface area contributed by atoms with Gasteiger partial charge in [-0.1, -0.05) is 37.3 Å². The van der Waals surface area contributed by atoms with E-state index in [2.05, 4.69) is 15.4 Å². The maximum Gasteiger partial charge on any atom is 0.376 e. The number of nitrogens with zero attached hydrogens (tertiary/aromatic N) is 5. The second-order valence-corrected chi connectivity index (χ2v) is 11.9. The fraction of sp³-hybridized carbons (Fsp3) is 0.289. The molecule has 6 rings (SSSR count). The van der Waals surface area contributed by atoms with E-state index in [1.807, 2.05) is 37.3 Å². The Kier molecular flexibility index (Phi) is 10.5. The topological polar surface area (TPSA) is 144 Å². The highest BCUT2D eigenvalue weighted by molar-refractivity contribution is 6.02. The van der Waals surface area contributed by atoms with Gasteiger partial charge in [0.2, 0.25) is 11.7 Å². The van der Waals surface area contributed by atoms with E-state index >= 15 is 4.39 Å². The number of amides is 1. The van der Waals surface area contributed by atoms with Gasteiger partial charge in [-0.2, -0.15) is 5.10 Å². The molecular formula is C38H39FN6O7. The van der Waals surface area contributed by atoms with Crippen LogP contribution in [0.25, 0.3) is 28.4 Å². The largest absolute Gasteiger partial charge is 0.497 e. The summed E-state index contributed by atoms with van der Waals surface area (Å²) in [5.74, 6) is -1.45. The summed E-state index contributed by atoms with van der Waals surface area (Å²) >= 11 is 0. The predicted octanol–water partition coefficient (Wildman–Crippen LogP) is 6.72. The molecule has 1 N–H and O–H groups in total. The summed E-state index contributed by atoms with van der Waals surface area (Å²) < 4.78 is 48.5. The number of benzene rings is 2. The van der Waals surface area contributed by atoms with Crippen LogP contribution < -0.4 is 19.5 Å². The minimum absolute atomic E-state index is 0.0206. The molecule has 0 atom stereocenters. The van der Waals surface area contributed by atoms with Crippen molar-refractivity contribution in [2.45, 2.75) is 53.8 Å². The molecule has 52 heavy (non-hydrogen) atoms. The van der Waals surface area contributed by atoms with E-state index in [0.29, 0.717) is 46.4 Å². The number of carbonyl (C=O) groups is 2. The van der Waals surface area contributed by atoms with Crippen molar-refractivity contribution in [3.63, 3.8) is 0 Å². The van der Waals surface area contributed by atoms with Crippen LogP contribution in [0.3, 0.4) is 0 Å². The van der Waals surface area contributed by atoms with Gasteiger partial charge in [0.05, 0.1) is 43.8 Å². The van der Waals surface area contributed by atoms with E-state index in [1.165, 1.54) is 31.0 Å². The third kappa shape index (κ3) is 6.91. The Labute approximate surface area is 299 Å². The minimum Gasteiger partial charge on any atom is -0.497 e. The number of carbonyl (C=O) groups excluding carboxylic acids is 2. The Bertz CT molecular complexity index is 2240. The van der Waals surface area contributed by atoms with Crippen molar-refractivity contribution < 1.29 is 37.3 Å². The zero-order valence-electron chi connectivity index (χ0n) is 29.8. The Morgan fingerprint density at radius 2 is 1.83 bits per heavy atom. The molecule has 13 nitrogen and oxygen atoms in total. The molecule has 0 spiro atoms. The Balaban J connectivity index is 1.47. The smallest absolute Gasteiger partial charge is 0.376 e. The lowest BCUT2D eigenvalue weighted by Gasteiger charge is -2.11. The third-order valence-corrected chi connectivity index (χ3v) is 8.30. The first-order valence-electron chi connectivity index (χ1n) is 16.8. The summed E-state index contributed by atoms with van der Waals surface area (Å²) in [6, 6.07) is 14.8. The van der Waals surface area contributed by atoms with Gasteiger partial charge in [-0.3, -0.25) is 14.5 Å². The SMILES string of the molecule is CCCn1nc(C)c(OCc2ccccc2)c1-c1nc(-c2c(F)c(C(=O)NCc3ccc(OC)cc3OC)n3cc(C)ncc23)c(C(=O)OCC)o1. The first kappa shape index (κ1) is 35.6. The number of hydrogen-bond donors (Lipinski definition) is 1. The average molecular weight is 711 g/mol. The van der Waals surface area contributed by atoms with Crippen molar-refractivity contribution in [1.29, 1.82) is 0 Å². The van der Waals surface area contributed by atoms with Gasteiger partial charge in [0.15, 0.2) is 17.3 Å². The molecule has 0 saturated heterocycles. The highest BCUT2D eigenvalue weighted by Crippen LogP contribution is 2.40. The number of oxazole rings is 1. The quantitative estimate of drug-likeness (QED) is 0.121. The van der Waals surface area contributed by atoms with Gasteiger partial charge in [0.1, 0.15) is 35.2 Å². The van der Waals surface area contributed by atoms with E-state index in [-0.39, 0.29) is 53.9 Å². The zero-order chi connectivity index (χ0) is 36.9. The van der Waals surface area contributed by atoms with Crippen LogP contribution in [0.2, 0.25) is 0 Å². The highest BCUT2D eigenvalue weighted by atomic mass is 19.1. The van der Waals surface area contributed by atoms with Crippen molar-refractivity contribution >= 4 is 17.4 Å². The monoisotopic (exact) mass is 710 g/mol. The number of esters is 1. The molecule has 1 amide bonds. The second kappa shape index (κ2) is 15.4.